The van der Waals surface area contributed by atoms with Crippen molar-refractivity contribution in [2.45, 2.75) is 38.5 Å². The minimum Gasteiger partial charge on any atom is -0.456 e. The van der Waals surface area contributed by atoms with Gasteiger partial charge in [0, 0.05) is 21.8 Å². The standard InChI is InChI=1S/C56H40O/c1-55(2)47-20-11-10-17-44(47)53-42-16-9-8-15-38(42)45(32-50(53)55)36-22-25-40-39-24-21-35(30-48(39)56(3,4)49(40)31-36)34-23-27-51-46(29-34)43-19-12-18-41-37(33-13-6-5-7-14-33)26-28-52(57-51)54(41)43/h5-32H,1-4H3. The predicted molar refractivity (Wildman–Crippen MR) is 238 cm³/mol. The van der Waals surface area contributed by atoms with Gasteiger partial charge in [-0.2, -0.15) is 0 Å². The summed E-state index contributed by atoms with van der Waals surface area (Å²) >= 11 is 0. The molecule has 3 aliphatic rings. The van der Waals surface area contributed by atoms with Gasteiger partial charge >= 0.3 is 0 Å². The van der Waals surface area contributed by atoms with Crippen molar-refractivity contribution in [2.75, 3.05) is 0 Å². The second-order valence-corrected chi connectivity index (χ2v) is 17.2. The molecular formula is C56H40O. The Kier molecular flexibility index (Phi) is 6.53. The Morgan fingerprint density at radius 2 is 0.912 bits per heavy atom. The van der Waals surface area contributed by atoms with E-state index in [4.69, 9.17) is 4.74 Å². The van der Waals surface area contributed by atoms with E-state index in [1.54, 1.807) is 0 Å². The third kappa shape index (κ3) is 4.46. The Hall–Kier alpha value is -6.70. The van der Waals surface area contributed by atoms with Crippen LogP contribution in [0.3, 0.4) is 0 Å². The van der Waals surface area contributed by atoms with Crippen LogP contribution in [0.15, 0.2) is 170 Å². The van der Waals surface area contributed by atoms with Gasteiger partial charge in [0.2, 0.25) is 0 Å². The highest BCUT2D eigenvalue weighted by molar-refractivity contribution is 6.11. The summed E-state index contributed by atoms with van der Waals surface area (Å²) in [5.74, 6) is 1.82. The lowest BCUT2D eigenvalue weighted by Crippen LogP contribution is -2.15. The normalized spacial score (nSPS) is 14.7. The average Bonchev–Trinajstić information content (AvgIpc) is 3.62. The van der Waals surface area contributed by atoms with Gasteiger partial charge in [-0.1, -0.05) is 161 Å². The molecule has 0 spiro atoms. The summed E-state index contributed by atoms with van der Waals surface area (Å²) in [6, 6.07) is 63.1. The first-order valence-electron chi connectivity index (χ1n) is 20.2. The molecule has 0 radical (unpaired) electrons. The largest absolute Gasteiger partial charge is 0.456 e. The van der Waals surface area contributed by atoms with Crippen molar-refractivity contribution < 1.29 is 4.74 Å². The lowest BCUT2D eigenvalue weighted by molar-refractivity contribution is 0.487. The molecule has 9 aromatic rings. The molecule has 0 atom stereocenters. The quantitative estimate of drug-likeness (QED) is 0.176. The fraction of sp³-hybridized carbons (Fsp3) is 0.107. The molecule has 0 amide bonds. The van der Waals surface area contributed by atoms with Gasteiger partial charge < -0.3 is 4.74 Å². The van der Waals surface area contributed by atoms with Crippen LogP contribution in [-0.4, -0.2) is 0 Å². The molecule has 0 unspecified atom stereocenters. The maximum atomic E-state index is 6.61. The van der Waals surface area contributed by atoms with E-state index in [1.807, 2.05) is 0 Å². The van der Waals surface area contributed by atoms with Crippen LogP contribution >= 0.6 is 0 Å². The van der Waals surface area contributed by atoms with Crippen LogP contribution in [0.2, 0.25) is 0 Å². The van der Waals surface area contributed by atoms with Crippen LogP contribution in [0.4, 0.5) is 0 Å². The predicted octanol–water partition coefficient (Wildman–Crippen LogP) is 15.4. The Labute approximate surface area is 333 Å². The van der Waals surface area contributed by atoms with E-state index in [1.165, 1.54) is 105 Å². The summed E-state index contributed by atoms with van der Waals surface area (Å²) in [6.45, 7) is 9.56. The molecule has 1 nitrogen and oxygen atoms in total. The number of benzene rings is 9. The van der Waals surface area contributed by atoms with Gasteiger partial charge in [0.15, 0.2) is 0 Å². The maximum Gasteiger partial charge on any atom is 0.135 e. The van der Waals surface area contributed by atoms with Gasteiger partial charge in [-0.05, 0) is 136 Å². The minimum absolute atomic E-state index is 0.0723. The zero-order valence-corrected chi connectivity index (χ0v) is 32.6. The average molecular weight is 729 g/mol. The summed E-state index contributed by atoms with van der Waals surface area (Å²) in [5, 5.41) is 5.03. The molecule has 2 aliphatic carbocycles. The molecule has 12 rings (SSSR count). The smallest absolute Gasteiger partial charge is 0.135 e. The van der Waals surface area contributed by atoms with Gasteiger partial charge in [-0.15, -0.1) is 0 Å². The molecule has 1 heteroatoms. The van der Waals surface area contributed by atoms with Crippen LogP contribution in [-0.2, 0) is 10.8 Å². The molecule has 0 fully saturated rings. The number of hydrogen-bond donors (Lipinski definition) is 0. The fourth-order valence-corrected chi connectivity index (χ4v) is 10.6. The second kappa shape index (κ2) is 11.4. The summed E-state index contributed by atoms with van der Waals surface area (Å²) in [7, 11) is 0. The van der Waals surface area contributed by atoms with Gasteiger partial charge in [0.05, 0.1) is 0 Å². The molecule has 0 saturated carbocycles. The van der Waals surface area contributed by atoms with Crippen molar-refractivity contribution in [3.05, 3.63) is 192 Å². The van der Waals surface area contributed by atoms with E-state index in [-0.39, 0.29) is 10.8 Å². The molecule has 0 N–H and O–H groups in total. The Balaban J connectivity index is 0.949. The first-order chi connectivity index (χ1) is 27.8. The van der Waals surface area contributed by atoms with Crippen LogP contribution in [0.25, 0.3) is 88.3 Å². The van der Waals surface area contributed by atoms with Crippen LogP contribution < -0.4 is 4.74 Å². The molecule has 1 aliphatic heterocycles. The Morgan fingerprint density at radius 1 is 0.316 bits per heavy atom. The number of hydrogen-bond acceptors (Lipinski definition) is 1. The summed E-state index contributed by atoms with van der Waals surface area (Å²) in [6.07, 6.45) is 0. The van der Waals surface area contributed by atoms with Crippen LogP contribution in [0.5, 0.6) is 11.5 Å². The highest BCUT2D eigenvalue weighted by Crippen LogP contribution is 2.55. The highest BCUT2D eigenvalue weighted by atomic mass is 16.5. The molecule has 1 heterocycles. The maximum absolute atomic E-state index is 6.61. The van der Waals surface area contributed by atoms with Crippen molar-refractivity contribution in [1.29, 1.82) is 0 Å². The van der Waals surface area contributed by atoms with Crippen molar-refractivity contribution >= 4 is 21.5 Å². The third-order valence-electron chi connectivity index (χ3n) is 13.5. The number of ether oxygens (including phenoxy) is 1. The fourth-order valence-electron chi connectivity index (χ4n) is 10.6. The molecule has 0 saturated heterocycles. The van der Waals surface area contributed by atoms with E-state index in [9.17, 15) is 0 Å². The van der Waals surface area contributed by atoms with E-state index < -0.39 is 0 Å². The lowest BCUT2D eigenvalue weighted by atomic mass is 9.79. The van der Waals surface area contributed by atoms with Crippen LogP contribution in [0.1, 0.15) is 49.9 Å². The Bertz CT molecular complexity index is 3200. The van der Waals surface area contributed by atoms with E-state index >= 15 is 0 Å². The van der Waals surface area contributed by atoms with Gasteiger partial charge in [-0.25, -0.2) is 0 Å². The first-order valence-corrected chi connectivity index (χ1v) is 20.2. The monoisotopic (exact) mass is 728 g/mol. The van der Waals surface area contributed by atoms with Gasteiger partial charge in [-0.3, -0.25) is 0 Å². The third-order valence-corrected chi connectivity index (χ3v) is 13.5. The number of rotatable bonds is 3. The second-order valence-electron chi connectivity index (χ2n) is 17.2. The zero-order valence-electron chi connectivity index (χ0n) is 32.6. The van der Waals surface area contributed by atoms with E-state index in [2.05, 4.69) is 198 Å². The SMILES string of the molecule is CC1(C)c2cc(-c3ccc4c(c3)-c3cccc5c(-c6ccccc6)ccc(c35)O4)ccc2-c2ccc(-c3cc4c(c5ccccc35)-c3ccccc3C4(C)C)cc21. The highest BCUT2D eigenvalue weighted by Gasteiger charge is 2.39. The molecule has 0 aromatic heterocycles. The molecule has 57 heavy (non-hydrogen) atoms. The van der Waals surface area contributed by atoms with Gasteiger partial charge in [0.25, 0.3) is 0 Å². The summed E-state index contributed by atoms with van der Waals surface area (Å²) < 4.78 is 6.61. The lowest BCUT2D eigenvalue weighted by Gasteiger charge is -2.25. The zero-order chi connectivity index (χ0) is 38.2. The van der Waals surface area contributed by atoms with E-state index in [0.717, 1.165) is 17.1 Å². The summed E-state index contributed by atoms with van der Waals surface area (Å²) in [4.78, 5) is 0. The van der Waals surface area contributed by atoms with Gasteiger partial charge in [0.1, 0.15) is 11.5 Å². The molecule has 0 bridgehead atoms. The Morgan fingerprint density at radius 3 is 1.74 bits per heavy atom. The van der Waals surface area contributed by atoms with Crippen molar-refractivity contribution in [1.82, 2.24) is 0 Å². The van der Waals surface area contributed by atoms with Crippen molar-refractivity contribution in [2.24, 2.45) is 0 Å². The van der Waals surface area contributed by atoms with Crippen molar-refractivity contribution in [3.8, 4) is 78.3 Å². The van der Waals surface area contributed by atoms with Crippen LogP contribution in [0, 0.1) is 0 Å². The van der Waals surface area contributed by atoms with E-state index in [0.29, 0.717) is 0 Å². The molecule has 270 valence electrons. The van der Waals surface area contributed by atoms with Crippen molar-refractivity contribution in [3.63, 3.8) is 0 Å². The number of fused-ring (bicyclic) bond motifs is 10. The minimum atomic E-state index is -0.172. The molecule has 9 aromatic carbocycles. The first kappa shape index (κ1) is 32.5. The summed E-state index contributed by atoms with van der Waals surface area (Å²) in [5.41, 5.74) is 20.6. The topological polar surface area (TPSA) is 9.23 Å². The molecular weight excluding hydrogens is 689 g/mol.